The molecule has 1 fully saturated rings. The zero-order chi connectivity index (χ0) is 9.97. The van der Waals surface area contributed by atoms with Gasteiger partial charge in [-0.1, -0.05) is 24.3 Å². The molecule has 0 aliphatic carbocycles. The average Bonchev–Trinajstić information content (AvgIpc) is 2.15. The van der Waals surface area contributed by atoms with Crippen molar-refractivity contribution in [1.29, 1.82) is 0 Å². The van der Waals surface area contributed by atoms with Gasteiger partial charge in [-0.15, -0.1) is 0 Å². The Morgan fingerprint density at radius 3 is 2.50 bits per heavy atom. The van der Waals surface area contributed by atoms with E-state index in [0.717, 1.165) is 18.7 Å². The predicted molar refractivity (Wildman–Crippen MR) is 55.3 cm³/mol. The Labute approximate surface area is 84.3 Å². The average molecular weight is 192 g/mol. The second-order valence-corrected chi connectivity index (χ2v) is 3.99. The molecule has 3 heteroatoms. The van der Waals surface area contributed by atoms with Crippen molar-refractivity contribution in [3.8, 4) is 0 Å². The van der Waals surface area contributed by atoms with Crippen LogP contribution in [-0.4, -0.2) is 30.2 Å². The molecule has 0 amide bonds. The summed E-state index contributed by atoms with van der Waals surface area (Å²) in [5.41, 5.74) is 4.68. The molecule has 1 aromatic rings. The molecule has 1 aliphatic rings. The van der Waals surface area contributed by atoms with Crippen LogP contribution in [0.25, 0.3) is 0 Å². The van der Waals surface area contributed by atoms with Crippen LogP contribution >= 0.6 is 0 Å². The first-order chi connectivity index (χ1) is 6.79. The Morgan fingerprint density at radius 1 is 1.36 bits per heavy atom. The highest BCUT2D eigenvalue weighted by Gasteiger charge is 2.24. The van der Waals surface area contributed by atoms with Gasteiger partial charge in [0.1, 0.15) is 0 Å². The van der Waals surface area contributed by atoms with Crippen molar-refractivity contribution < 1.29 is 5.21 Å². The lowest BCUT2D eigenvalue weighted by Gasteiger charge is -2.36. The highest BCUT2D eigenvalue weighted by Crippen LogP contribution is 2.25. The molecule has 1 heterocycles. The van der Waals surface area contributed by atoms with Crippen LogP contribution in [0.15, 0.2) is 24.3 Å². The van der Waals surface area contributed by atoms with Crippen LogP contribution in [0.2, 0.25) is 0 Å². The van der Waals surface area contributed by atoms with E-state index in [4.69, 9.17) is 5.21 Å². The monoisotopic (exact) mass is 192 g/mol. The molecule has 1 aliphatic heterocycles. The van der Waals surface area contributed by atoms with E-state index in [2.05, 4.69) is 41.7 Å². The number of nitrogens with one attached hydrogen (secondary N) is 1. The molecule has 0 saturated carbocycles. The van der Waals surface area contributed by atoms with Crippen LogP contribution < -0.4 is 5.48 Å². The number of hydroxylamine groups is 1. The van der Waals surface area contributed by atoms with E-state index >= 15 is 0 Å². The smallest absolute Gasteiger partial charge is 0.0458 e. The molecular formula is C11H16N2O. The molecule has 14 heavy (non-hydrogen) atoms. The lowest BCUT2D eigenvalue weighted by Crippen LogP contribution is -2.41. The van der Waals surface area contributed by atoms with Crippen LogP contribution in [0, 0.1) is 0 Å². The summed E-state index contributed by atoms with van der Waals surface area (Å²) in [6, 6.07) is 8.45. The summed E-state index contributed by atoms with van der Waals surface area (Å²) in [5, 5.41) is 8.53. The van der Waals surface area contributed by atoms with Crippen LogP contribution in [0.1, 0.15) is 17.0 Å². The maximum Gasteiger partial charge on any atom is 0.0458 e. The van der Waals surface area contributed by atoms with Crippen LogP contribution in [-0.2, 0) is 6.54 Å². The lowest BCUT2D eigenvalue weighted by atomic mass is 9.91. The Kier molecular flexibility index (Phi) is 2.82. The fraction of sp³-hybridized carbons (Fsp3) is 0.455. The first-order valence-corrected chi connectivity index (χ1v) is 4.94. The van der Waals surface area contributed by atoms with Crippen LogP contribution in [0.3, 0.4) is 0 Å². The predicted octanol–water partition coefficient (Wildman–Crippen LogP) is 1.19. The molecule has 0 spiro atoms. The summed E-state index contributed by atoms with van der Waals surface area (Å²) in [6.07, 6.45) is 0. The van der Waals surface area contributed by atoms with E-state index in [1.807, 2.05) is 0 Å². The molecule has 0 bridgehead atoms. The fourth-order valence-electron chi connectivity index (χ4n) is 1.91. The normalized spacial score (nSPS) is 18.1. The van der Waals surface area contributed by atoms with Crippen molar-refractivity contribution in [3.05, 3.63) is 35.4 Å². The van der Waals surface area contributed by atoms with Gasteiger partial charge in [0.25, 0.3) is 0 Å². The Balaban J connectivity index is 1.99. The quantitative estimate of drug-likeness (QED) is 0.706. The van der Waals surface area contributed by atoms with Crippen molar-refractivity contribution in [2.75, 3.05) is 20.1 Å². The number of likely N-dealkylation sites (tertiary alicyclic amines) is 1. The number of benzene rings is 1. The molecule has 2 N–H and O–H groups in total. The summed E-state index contributed by atoms with van der Waals surface area (Å²) in [7, 11) is 2.14. The molecule has 0 atom stereocenters. The second-order valence-electron chi connectivity index (χ2n) is 3.99. The summed E-state index contributed by atoms with van der Waals surface area (Å²) in [4.78, 5) is 2.31. The molecule has 0 aromatic heterocycles. The lowest BCUT2D eigenvalue weighted by molar-refractivity contribution is 0.161. The van der Waals surface area contributed by atoms with Gasteiger partial charge in [0.15, 0.2) is 0 Å². The topological polar surface area (TPSA) is 35.5 Å². The number of hydrogen-bond donors (Lipinski definition) is 2. The van der Waals surface area contributed by atoms with Gasteiger partial charge in [0.05, 0.1) is 0 Å². The fourth-order valence-corrected chi connectivity index (χ4v) is 1.91. The first-order valence-electron chi connectivity index (χ1n) is 4.94. The highest BCUT2D eigenvalue weighted by atomic mass is 16.5. The van der Waals surface area contributed by atoms with E-state index in [1.165, 1.54) is 5.56 Å². The van der Waals surface area contributed by atoms with Gasteiger partial charge in [0, 0.05) is 25.6 Å². The third-order valence-electron chi connectivity index (χ3n) is 2.80. The van der Waals surface area contributed by atoms with Gasteiger partial charge in [-0.05, 0) is 18.2 Å². The molecule has 0 radical (unpaired) electrons. The van der Waals surface area contributed by atoms with Crippen molar-refractivity contribution in [2.45, 2.75) is 12.5 Å². The summed E-state index contributed by atoms with van der Waals surface area (Å²) in [6.45, 7) is 2.85. The largest absolute Gasteiger partial charge is 0.316 e. The number of rotatable bonds is 3. The van der Waals surface area contributed by atoms with E-state index < -0.39 is 0 Å². The summed E-state index contributed by atoms with van der Waals surface area (Å²) < 4.78 is 0. The van der Waals surface area contributed by atoms with Crippen LogP contribution in [0.4, 0.5) is 0 Å². The molecule has 0 unspecified atom stereocenters. The molecule has 1 aromatic carbocycles. The molecule has 76 valence electrons. The molecule has 1 saturated heterocycles. The van der Waals surface area contributed by atoms with Gasteiger partial charge in [-0.2, -0.15) is 0 Å². The van der Waals surface area contributed by atoms with E-state index in [9.17, 15) is 0 Å². The number of hydrogen-bond acceptors (Lipinski definition) is 3. The minimum atomic E-state index is 0.519. The maximum absolute atomic E-state index is 8.53. The van der Waals surface area contributed by atoms with Gasteiger partial charge in [-0.3, -0.25) is 0 Å². The van der Waals surface area contributed by atoms with Crippen molar-refractivity contribution in [1.82, 2.24) is 10.4 Å². The third-order valence-corrected chi connectivity index (χ3v) is 2.80. The zero-order valence-corrected chi connectivity index (χ0v) is 8.40. The molecule has 3 nitrogen and oxygen atoms in total. The molecule has 2 rings (SSSR count). The van der Waals surface area contributed by atoms with E-state index in [-0.39, 0.29) is 0 Å². The second kappa shape index (κ2) is 4.09. The Hall–Kier alpha value is -0.900. The van der Waals surface area contributed by atoms with E-state index in [0.29, 0.717) is 12.5 Å². The minimum absolute atomic E-state index is 0.519. The van der Waals surface area contributed by atoms with Gasteiger partial charge in [-0.25, -0.2) is 5.48 Å². The standard InChI is InChI=1S/C11H16N2O/c1-13-7-11(8-13)10-4-2-9(3-5-10)6-12-14/h2-5,11-12,14H,6-8H2,1H3. The summed E-state index contributed by atoms with van der Waals surface area (Å²) >= 11 is 0. The summed E-state index contributed by atoms with van der Waals surface area (Å²) in [5.74, 6) is 0.705. The van der Waals surface area contributed by atoms with Gasteiger partial charge < -0.3 is 10.1 Å². The van der Waals surface area contributed by atoms with Crippen molar-refractivity contribution >= 4 is 0 Å². The van der Waals surface area contributed by atoms with Gasteiger partial charge >= 0.3 is 0 Å². The van der Waals surface area contributed by atoms with Crippen LogP contribution in [0.5, 0.6) is 0 Å². The van der Waals surface area contributed by atoms with E-state index in [1.54, 1.807) is 0 Å². The third kappa shape index (κ3) is 1.95. The zero-order valence-electron chi connectivity index (χ0n) is 8.40. The minimum Gasteiger partial charge on any atom is -0.316 e. The number of likely N-dealkylation sites (N-methyl/N-ethyl adjacent to an activating group) is 1. The number of nitrogens with zero attached hydrogens (tertiary/aromatic N) is 1. The SMILES string of the molecule is CN1CC(c2ccc(CNO)cc2)C1. The Morgan fingerprint density at radius 2 is 2.00 bits per heavy atom. The highest BCUT2D eigenvalue weighted by molar-refractivity contribution is 5.27. The first kappa shape index (κ1) is 9.65. The Bertz CT molecular complexity index is 291. The maximum atomic E-state index is 8.53. The van der Waals surface area contributed by atoms with Gasteiger partial charge in [0.2, 0.25) is 0 Å². The van der Waals surface area contributed by atoms with Crippen molar-refractivity contribution in [3.63, 3.8) is 0 Å². The van der Waals surface area contributed by atoms with Crippen molar-refractivity contribution in [2.24, 2.45) is 0 Å². The molecular weight excluding hydrogens is 176 g/mol.